The maximum Gasteiger partial charge on any atom is 0.201 e. The Bertz CT molecular complexity index is 1240. The number of halogens is 1. The van der Waals surface area contributed by atoms with E-state index in [4.69, 9.17) is 11.6 Å². The molecule has 0 atom stereocenters. The number of rotatable bonds is 3. The molecule has 2 nitrogen and oxygen atoms in total. The predicted molar refractivity (Wildman–Crippen MR) is 140 cm³/mol. The molecule has 1 aliphatic carbocycles. The minimum absolute atomic E-state index is 0.526. The Balaban J connectivity index is 1.63. The molecule has 2 aromatic rings. The van der Waals surface area contributed by atoms with E-state index in [1.165, 1.54) is 88.1 Å². The molecule has 0 saturated carbocycles. The van der Waals surface area contributed by atoms with Gasteiger partial charge in [0.05, 0.1) is 6.42 Å². The van der Waals surface area contributed by atoms with Gasteiger partial charge < -0.3 is 4.90 Å². The molecule has 0 bridgehead atoms. The number of benzene rings is 2. The van der Waals surface area contributed by atoms with E-state index in [0.29, 0.717) is 5.88 Å². The third-order valence-corrected chi connectivity index (χ3v) is 10.6. The second-order valence-electron chi connectivity index (χ2n) is 9.53. The fourth-order valence-corrected chi connectivity index (χ4v) is 8.00. The van der Waals surface area contributed by atoms with Crippen LogP contribution in [0.15, 0.2) is 76.1 Å². The van der Waals surface area contributed by atoms with Gasteiger partial charge in [0, 0.05) is 46.6 Å². The third-order valence-electron chi connectivity index (χ3n) is 7.44. The van der Waals surface area contributed by atoms with Crippen molar-refractivity contribution in [3.63, 3.8) is 0 Å². The van der Waals surface area contributed by atoms with Crippen LogP contribution < -0.4 is 4.90 Å². The van der Waals surface area contributed by atoms with Gasteiger partial charge in [-0.2, -0.15) is 10.0 Å². The van der Waals surface area contributed by atoms with Crippen LogP contribution in [0.2, 0.25) is 0 Å². The summed E-state index contributed by atoms with van der Waals surface area (Å²) in [4.78, 5) is 5.53. The lowest BCUT2D eigenvalue weighted by molar-refractivity contribution is -0.582. The van der Waals surface area contributed by atoms with E-state index in [1.807, 2.05) is 0 Å². The molecule has 6 rings (SSSR count). The molecule has 0 amide bonds. The zero-order valence-electron chi connectivity index (χ0n) is 18.9. The summed E-state index contributed by atoms with van der Waals surface area (Å²) >= 11 is 6.43. The fraction of sp³-hybridized carbons (Fsp3) is 0.321. The number of alkyl halides is 1. The van der Waals surface area contributed by atoms with E-state index in [2.05, 4.69) is 82.7 Å². The molecule has 4 aliphatic rings. The maximum atomic E-state index is 6.43. The molecule has 3 heterocycles. The van der Waals surface area contributed by atoms with Gasteiger partial charge in [-0.25, -0.2) is 4.58 Å². The summed E-state index contributed by atoms with van der Waals surface area (Å²) in [6.45, 7) is 4.71. The Hall–Kier alpha value is -2.23. The van der Waals surface area contributed by atoms with Crippen molar-refractivity contribution < 1.29 is 4.58 Å². The van der Waals surface area contributed by atoms with Crippen LogP contribution >= 0.6 is 21.6 Å². The number of anilines is 1. The van der Waals surface area contributed by atoms with Crippen LogP contribution in [0.4, 0.5) is 5.69 Å². The molecule has 32 heavy (non-hydrogen) atoms. The van der Waals surface area contributed by atoms with Gasteiger partial charge in [0.2, 0.25) is 5.71 Å². The van der Waals surface area contributed by atoms with Crippen LogP contribution in [0.5, 0.6) is 0 Å². The summed E-state index contributed by atoms with van der Waals surface area (Å²) in [6.07, 6.45) is 14.8. The molecule has 0 spiro atoms. The van der Waals surface area contributed by atoms with Crippen molar-refractivity contribution >= 4 is 38.6 Å². The topological polar surface area (TPSA) is 6.25 Å². The number of nitrogens with zero attached hydrogens (tertiary/aromatic N) is 2. The Morgan fingerprint density at radius 1 is 0.969 bits per heavy atom. The fourth-order valence-electron chi connectivity index (χ4n) is 5.26. The zero-order chi connectivity index (χ0) is 21.9. The summed E-state index contributed by atoms with van der Waals surface area (Å²) in [6, 6.07) is 15.9. The van der Waals surface area contributed by atoms with Crippen LogP contribution in [0.25, 0.3) is 5.57 Å². The molecule has 2 saturated heterocycles. The summed E-state index contributed by atoms with van der Waals surface area (Å²) in [5.41, 5.74) is 9.35. The molecular weight excluding hydrogens is 432 g/mol. The van der Waals surface area contributed by atoms with Gasteiger partial charge in [0.15, 0.2) is 0 Å². The summed E-state index contributed by atoms with van der Waals surface area (Å²) in [5, 5.41) is 0. The van der Waals surface area contributed by atoms with Gasteiger partial charge in [0.1, 0.15) is 13.1 Å². The first-order chi connectivity index (χ1) is 15.6. The van der Waals surface area contributed by atoms with E-state index in [-0.39, 0.29) is 0 Å². The lowest BCUT2D eigenvalue weighted by Crippen LogP contribution is -2.37. The Morgan fingerprint density at radius 3 is 2.47 bits per heavy atom. The Labute approximate surface area is 197 Å². The molecule has 164 valence electrons. The second-order valence-corrected chi connectivity index (χ2v) is 13.3. The lowest BCUT2D eigenvalue weighted by Gasteiger charge is -2.44. The van der Waals surface area contributed by atoms with Gasteiger partial charge in [-0.3, -0.25) is 0 Å². The molecular formula is C28H30ClN2S+. The van der Waals surface area contributed by atoms with Gasteiger partial charge in [-0.15, -0.1) is 11.6 Å². The number of hydrogen-bond acceptors (Lipinski definition) is 1. The first-order valence-corrected chi connectivity index (χ1v) is 14.6. The standard InChI is InChI=1S/C28H30ClN2S/c1-32(2)26-17-21(30-13-5-14-30)9-11-24(26)28(23-8-4-3-7-20(23)19-29)25-12-10-22(18-27(25)32)31-15-6-16-31/h3-4,7-12,17-18H,5-6,13-16,19H2,1-2H3/q+1. The van der Waals surface area contributed by atoms with Gasteiger partial charge in [0.25, 0.3) is 0 Å². The highest BCUT2D eigenvalue weighted by Crippen LogP contribution is 2.66. The second kappa shape index (κ2) is 7.67. The number of hydrogen-bond donors (Lipinski definition) is 0. The van der Waals surface area contributed by atoms with E-state index in [1.54, 1.807) is 0 Å². The normalized spacial score (nSPS) is 22.0. The van der Waals surface area contributed by atoms with Crippen molar-refractivity contribution in [3.8, 4) is 0 Å². The van der Waals surface area contributed by atoms with Gasteiger partial charge in [-0.05, 0) is 65.0 Å². The van der Waals surface area contributed by atoms with Crippen LogP contribution in [0.1, 0.15) is 29.5 Å². The summed E-state index contributed by atoms with van der Waals surface area (Å²) in [5.74, 6) is 0.526. The van der Waals surface area contributed by atoms with E-state index in [0.717, 1.165) is 0 Å². The molecule has 2 aromatic carbocycles. The van der Waals surface area contributed by atoms with Crippen molar-refractivity contribution in [2.24, 2.45) is 0 Å². The van der Waals surface area contributed by atoms with Crippen LogP contribution in [0, 0.1) is 0 Å². The van der Waals surface area contributed by atoms with Crippen molar-refractivity contribution in [3.05, 3.63) is 87.9 Å². The third kappa shape index (κ3) is 3.05. The maximum absolute atomic E-state index is 6.43. The minimum atomic E-state index is -1.15. The van der Waals surface area contributed by atoms with Crippen LogP contribution in [0.3, 0.4) is 0 Å². The average molecular weight is 462 g/mol. The smallest absolute Gasteiger partial charge is 0.201 e. The van der Waals surface area contributed by atoms with Crippen LogP contribution in [-0.4, -0.2) is 49.0 Å². The first-order valence-electron chi connectivity index (χ1n) is 11.6. The van der Waals surface area contributed by atoms with Crippen molar-refractivity contribution in [1.82, 2.24) is 0 Å². The van der Waals surface area contributed by atoms with Crippen molar-refractivity contribution in [2.75, 3.05) is 43.6 Å². The Kier molecular flexibility index (Phi) is 4.89. The molecule has 4 heteroatoms. The van der Waals surface area contributed by atoms with E-state index in [9.17, 15) is 0 Å². The number of fused-ring (bicyclic) bond motifs is 2. The van der Waals surface area contributed by atoms with E-state index >= 15 is 0 Å². The highest BCUT2D eigenvalue weighted by molar-refractivity contribution is 8.36. The van der Waals surface area contributed by atoms with E-state index < -0.39 is 10.0 Å². The largest absolute Gasteiger partial charge is 0.371 e. The molecule has 2 fully saturated rings. The van der Waals surface area contributed by atoms with Crippen LogP contribution in [-0.2, 0) is 5.88 Å². The highest BCUT2D eigenvalue weighted by atomic mass is 35.5. The molecule has 0 N–H and O–H groups in total. The van der Waals surface area contributed by atoms with Gasteiger partial charge >= 0.3 is 0 Å². The number of allylic oxidation sites excluding steroid dienone is 4. The SMILES string of the molecule is CS1(C)C2=CC(=[N+]3CCC3)C=CC2=C(c2ccccc2CCl)c2ccc(N3CCC3)cc21. The lowest BCUT2D eigenvalue weighted by atomic mass is 9.87. The summed E-state index contributed by atoms with van der Waals surface area (Å²) in [7, 11) is -1.15. The van der Waals surface area contributed by atoms with Crippen molar-refractivity contribution in [1.29, 1.82) is 0 Å². The molecule has 0 unspecified atom stereocenters. The molecule has 0 aromatic heterocycles. The molecule has 3 aliphatic heterocycles. The zero-order valence-corrected chi connectivity index (χ0v) is 20.5. The highest BCUT2D eigenvalue weighted by Gasteiger charge is 2.37. The average Bonchev–Trinajstić information content (AvgIpc) is 2.72. The Morgan fingerprint density at radius 2 is 1.78 bits per heavy atom. The van der Waals surface area contributed by atoms with Gasteiger partial charge in [-0.1, -0.05) is 30.3 Å². The minimum Gasteiger partial charge on any atom is -0.371 e. The predicted octanol–water partition coefficient (Wildman–Crippen LogP) is 6.19. The van der Waals surface area contributed by atoms with Crippen molar-refractivity contribution in [2.45, 2.75) is 23.6 Å². The summed E-state index contributed by atoms with van der Waals surface area (Å²) < 4.78 is 2.51. The molecule has 0 radical (unpaired) electrons. The first kappa shape index (κ1) is 20.4. The monoisotopic (exact) mass is 461 g/mol. The quantitative estimate of drug-likeness (QED) is 0.390.